The summed E-state index contributed by atoms with van der Waals surface area (Å²) in [6.07, 6.45) is 2.91. The van der Waals surface area contributed by atoms with Crippen molar-refractivity contribution in [3.05, 3.63) is 53.9 Å². The molecule has 2 aromatic carbocycles. The van der Waals surface area contributed by atoms with Gasteiger partial charge in [0.2, 0.25) is 0 Å². The third-order valence-electron chi connectivity index (χ3n) is 3.39. The minimum absolute atomic E-state index is 0.787. The normalized spacial score (nSPS) is 11.0. The molecule has 3 rings (SSSR count). The van der Waals surface area contributed by atoms with Gasteiger partial charge >= 0.3 is 0 Å². The number of thioether (sulfide) groups is 1. The van der Waals surface area contributed by atoms with Gasteiger partial charge in [-0.2, -0.15) is 0 Å². The van der Waals surface area contributed by atoms with E-state index in [1.54, 1.807) is 11.8 Å². The highest BCUT2D eigenvalue weighted by Gasteiger charge is 2.04. The number of hydrogen-bond donors (Lipinski definition) is 1. The number of hydrogen-bond acceptors (Lipinski definition) is 4. The summed E-state index contributed by atoms with van der Waals surface area (Å²) >= 11 is 1.76. The average molecular weight is 298 g/mol. The van der Waals surface area contributed by atoms with Gasteiger partial charge in [0.15, 0.2) is 11.5 Å². The van der Waals surface area contributed by atoms with Crippen LogP contribution in [0.2, 0.25) is 0 Å². The zero-order chi connectivity index (χ0) is 14.7. The molecule has 4 heteroatoms. The van der Waals surface area contributed by atoms with E-state index in [2.05, 4.69) is 40.8 Å². The lowest BCUT2D eigenvalue weighted by Gasteiger charge is -2.06. The van der Waals surface area contributed by atoms with Crippen LogP contribution in [0.1, 0.15) is 18.4 Å². The van der Waals surface area contributed by atoms with Crippen LogP contribution in [0.3, 0.4) is 0 Å². The summed E-state index contributed by atoms with van der Waals surface area (Å²) in [6.45, 7) is 2.85. The fraction of sp³-hybridized carbons (Fsp3) is 0.235. The monoisotopic (exact) mass is 298 g/mol. The lowest BCUT2D eigenvalue weighted by Crippen LogP contribution is -1.98. The average Bonchev–Trinajstić information content (AvgIpc) is 2.95. The van der Waals surface area contributed by atoms with Crippen molar-refractivity contribution >= 4 is 28.5 Å². The molecule has 3 aromatic rings. The number of benzene rings is 2. The van der Waals surface area contributed by atoms with Crippen LogP contribution in [0.15, 0.2) is 51.8 Å². The van der Waals surface area contributed by atoms with Gasteiger partial charge in [-0.15, -0.1) is 11.8 Å². The predicted octanol–water partition coefficient (Wildman–Crippen LogP) is 4.72. The van der Waals surface area contributed by atoms with Crippen LogP contribution in [0.25, 0.3) is 11.1 Å². The number of nitrogens with one attached hydrogen (secondary N) is 1. The molecule has 21 heavy (non-hydrogen) atoms. The molecule has 0 atom stereocenters. The van der Waals surface area contributed by atoms with Crippen molar-refractivity contribution < 1.29 is 4.42 Å². The number of nitrogens with zero attached hydrogens (tertiary/aromatic N) is 1. The number of anilines is 1. The molecule has 0 aliphatic heterocycles. The topological polar surface area (TPSA) is 38.1 Å². The summed E-state index contributed by atoms with van der Waals surface area (Å²) in [4.78, 5) is 5.75. The van der Waals surface area contributed by atoms with E-state index in [4.69, 9.17) is 4.42 Å². The van der Waals surface area contributed by atoms with Crippen molar-refractivity contribution in [1.29, 1.82) is 0 Å². The van der Waals surface area contributed by atoms with Crippen LogP contribution in [-0.2, 0) is 13.0 Å². The first-order valence-corrected chi connectivity index (χ1v) is 8.27. The van der Waals surface area contributed by atoms with E-state index in [1.165, 1.54) is 10.5 Å². The summed E-state index contributed by atoms with van der Waals surface area (Å²) < 4.78 is 5.62. The van der Waals surface area contributed by atoms with E-state index in [-0.39, 0.29) is 0 Å². The fourth-order valence-corrected chi connectivity index (χ4v) is 2.59. The molecule has 0 amide bonds. The summed E-state index contributed by atoms with van der Waals surface area (Å²) in [5.74, 6) is 0.787. The Morgan fingerprint density at radius 2 is 1.95 bits per heavy atom. The Morgan fingerprint density at radius 1 is 1.14 bits per heavy atom. The van der Waals surface area contributed by atoms with Crippen LogP contribution in [0.4, 0.5) is 5.69 Å². The SMILES string of the molecule is CCc1nc2cc(NCc3ccc(SC)cc3)ccc2o1. The van der Waals surface area contributed by atoms with Gasteiger partial charge in [-0.3, -0.25) is 0 Å². The summed E-state index contributed by atoms with van der Waals surface area (Å²) in [5.41, 5.74) is 4.09. The van der Waals surface area contributed by atoms with E-state index in [0.29, 0.717) is 0 Å². The first-order valence-electron chi connectivity index (χ1n) is 7.05. The van der Waals surface area contributed by atoms with Crippen LogP contribution < -0.4 is 5.32 Å². The van der Waals surface area contributed by atoms with Crippen molar-refractivity contribution in [3.8, 4) is 0 Å². The van der Waals surface area contributed by atoms with Gasteiger partial charge in [0.25, 0.3) is 0 Å². The van der Waals surface area contributed by atoms with Crippen molar-refractivity contribution in [3.63, 3.8) is 0 Å². The highest BCUT2D eigenvalue weighted by Crippen LogP contribution is 2.21. The molecule has 1 heterocycles. The van der Waals surface area contributed by atoms with Crippen molar-refractivity contribution in [2.75, 3.05) is 11.6 Å². The molecular formula is C17H18N2OS. The van der Waals surface area contributed by atoms with Crippen molar-refractivity contribution in [2.45, 2.75) is 24.8 Å². The quantitative estimate of drug-likeness (QED) is 0.691. The van der Waals surface area contributed by atoms with Gasteiger partial charge in [0.1, 0.15) is 5.52 Å². The maximum Gasteiger partial charge on any atom is 0.195 e. The van der Waals surface area contributed by atoms with Gasteiger partial charge in [0.05, 0.1) is 0 Å². The van der Waals surface area contributed by atoms with Gasteiger partial charge in [-0.1, -0.05) is 19.1 Å². The van der Waals surface area contributed by atoms with Crippen molar-refractivity contribution in [2.24, 2.45) is 0 Å². The van der Waals surface area contributed by atoms with E-state index in [1.807, 2.05) is 25.1 Å². The Balaban J connectivity index is 1.71. The third kappa shape index (κ3) is 3.22. The lowest BCUT2D eigenvalue weighted by molar-refractivity contribution is 0.538. The Morgan fingerprint density at radius 3 is 2.67 bits per heavy atom. The number of aromatic nitrogens is 1. The van der Waals surface area contributed by atoms with Crippen LogP contribution in [0.5, 0.6) is 0 Å². The van der Waals surface area contributed by atoms with Gasteiger partial charge in [0, 0.05) is 23.5 Å². The van der Waals surface area contributed by atoms with Crippen LogP contribution >= 0.6 is 11.8 Å². The lowest BCUT2D eigenvalue weighted by atomic mass is 10.2. The minimum Gasteiger partial charge on any atom is -0.441 e. The third-order valence-corrected chi connectivity index (χ3v) is 4.13. The standard InChI is InChI=1S/C17H18N2OS/c1-3-17-19-15-10-13(6-9-16(15)20-17)18-11-12-4-7-14(21-2)8-5-12/h4-10,18H,3,11H2,1-2H3. The van der Waals surface area contributed by atoms with Gasteiger partial charge < -0.3 is 9.73 Å². The molecule has 0 spiro atoms. The number of aryl methyl sites for hydroxylation is 1. The van der Waals surface area contributed by atoms with Gasteiger partial charge in [-0.25, -0.2) is 4.98 Å². The molecule has 3 nitrogen and oxygen atoms in total. The minimum atomic E-state index is 0.787. The van der Waals surface area contributed by atoms with E-state index in [0.717, 1.165) is 35.6 Å². The Labute approximate surface area is 128 Å². The molecule has 0 radical (unpaired) electrons. The van der Waals surface area contributed by atoms with E-state index >= 15 is 0 Å². The number of fused-ring (bicyclic) bond motifs is 1. The van der Waals surface area contributed by atoms with Gasteiger partial charge in [-0.05, 0) is 42.2 Å². The highest BCUT2D eigenvalue weighted by atomic mass is 32.2. The summed E-state index contributed by atoms with van der Waals surface area (Å²) in [6, 6.07) is 14.6. The Bertz CT molecular complexity index is 734. The molecule has 0 aliphatic rings. The predicted molar refractivity (Wildman–Crippen MR) is 88.9 cm³/mol. The Hall–Kier alpha value is -1.94. The molecule has 0 bridgehead atoms. The maximum absolute atomic E-state index is 5.62. The first-order chi connectivity index (χ1) is 10.3. The zero-order valence-corrected chi connectivity index (χ0v) is 13.0. The number of rotatable bonds is 5. The number of oxazole rings is 1. The second kappa shape index (κ2) is 6.22. The molecule has 0 unspecified atom stereocenters. The Kier molecular flexibility index (Phi) is 4.15. The molecule has 0 saturated carbocycles. The van der Waals surface area contributed by atoms with Crippen molar-refractivity contribution in [1.82, 2.24) is 4.98 Å². The second-order valence-corrected chi connectivity index (χ2v) is 5.72. The molecule has 0 saturated heterocycles. The van der Waals surface area contributed by atoms with E-state index in [9.17, 15) is 0 Å². The zero-order valence-electron chi connectivity index (χ0n) is 12.2. The molecule has 1 N–H and O–H groups in total. The first kappa shape index (κ1) is 14.0. The molecular weight excluding hydrogens is 280 g/mol. The largest absolute Gasteiger partial charge is 0.441 e. The van der Waals surface area contributed by atoms with E-state index < -0.39 is 0 Å². The molecule has 0 aliphatic carbocycles. The molecule has 108 valence electrons. The smallest absolute Gasteiger partial charge is 0.195 e. The molecule has 0 fully saturated rings. The van der Waals surface area contributed by atoms with Crippen LogP contribution in [0, 0.1) is 0 Å². The second-order valence-electron chi connectivity index (χ2n) is 4.85. The maximum atomic E-state index is 5.62. The summed E-state index contributed by atoms with van der Waals surface area (Å²) in [7, 11) is 0. The van der Waals surface area contributed by atoms with Crippen LogP contribution in [-0.4, -0.2) is 11.2 Å². The summed E-state index contributed by atoms with van der Waals surface area (Å²) in [5, 5.41) is 3.43. The molecule has 1 aromatic heterocycles. The highest BCUT2D eigenvalue weighted by molar-refractivity contribution is 7.98. The fourth-order valence-electron chi connectivity index (χ4n) is 2.18.